The molecule has 0 fully saturated rings. The topological polar surface area (TPSA) is 32.3 Å². The number of hydrogen-bond donors (Lipinski definition) is 2. The summed E-state index contributed by atoms with van der Waals surface area (Å²) in [5.41, 5.74) is 1.03. The Morgan fingerprint density at radius 2 is 2.15 bits per heavy atom. The van der Waals surface area contributed by atoms with Gasteiger partial charge in [0.1, 0.15) is 0 Å². The zero-order chi connectivity index (χ0) is 9.68. The van der Waals surface area contributed by atoms with Gasteiger partial charge in [-0.15, -0.1) is 11.6 Å². The molecule has 1 aromatic carbocycles. The molecule has 0 aliphatic heterocycles. The number of aliphatic hydroxyl groups is 1. The van der Waals surface area contributed by atoms with Crippen molar-refractivity contribution in [3.05, 3.63) is 27.8 Å². The van der Waals surface area contributed by atoms with Crippen LogP contribution in [0.4, 0.5) is 5.69 Å². The van der Waals surface area contributed by atoms with Gasteiger partial charge in [-0.25, -0.2) is 0 Å². The maximum Gasteiger partial charge on any atom is 0.0847 e. The number of rotatable bonds is 4. The number of para-hydroxylation sites is 1. The second-order valence-corrected chi connectivity index (χ2v) is 4.14. The molecular formula is C9H11ClINO. The molecule has 0 saturated heterocycles. The molecule has 1 rings (SSSR count). The van der Waals surface area contributed by atoms with Gasteiger partial charge < -0.3 is 10.4 Å². The number of halogens is 2. The number of hydrogen-bond acceptors (Lipinski definition) is 2. The van der Waals surface area contributed by atoms with Crippen molar-refractivity contribution in [1.29, 1.82) is 0 Å². The molecule has 4 heteroatoms. The first-order valence-electron chi connectivity index (χ1n) is 3.96. The van der Waals surface area contributed by atoms with Gasteiger partial charge in [-0.3, -0.25) is 0 Å². The van der Waals surface area contributed by atoms with E-state index in [1.54, 1.807) is 0 Å². The first-order valence-corrected chi connectivity index (χ1v) is 5.58. The monoisotopic (exact) mass is 311 g/mol. The predicted octanol–water partition coefficient (Wildman–Crippen LogP) is 2.30. The number of aliphatic hydroxyl groups excluding tert-OH is 1. The summed E-state index contributed by atoms with van der Waals surface area (Å²) in [4.78, 5) is 0. The van der Waals surface area contributed by atoms with Crippen molar-refractivity contribution in [3.63, 3.8) is 0 Å². The molecule has 0 aliphatic rings. The van der Waals surface area contributed by atoms with Gasteiger partial charge in [0.05, 0.1) is 12.0 Å². The molecule has 0 saturated carbocycles. The predicted molar refractivity (Wildman–Crippen MR) is 64.4 cm³/mol. The van der Waals surface area contributed by atoms with Gasteiger partial charge in [0.2, 0.25) is 0 Å². The van der Waals surface area contributed by atoms with E-state index in [9.17, 15) is 5.11 Å². The maximum absolute atomic E-state index is 9.21. The minimum Gasteiger partial charge on any atom is -0.390 e. The van der Waals surface area contributed by atoms with Crippen LogP contribution in [0.15, 0.2) is 24.3 Å². The third-order valence-electron chi connectivity index (χ3n) is 1.58. The Morgan fingerprint density at radius 3 is 2.77 bits per heavy atom. The molecule has 1 unspecified atom stereocenters. The van der Waals surface area contributed by atoms with Crippen LogP contribution in [0.25, 0.3) is 0 Å². The Balaban J connectivity index is 2.50. The van der Waals surface area contributed by atoms with Crippen molar-refractivity contribution in [2.75, 3.05) is 17.7 Å². The van der Waals surface area contributed by atoms with Crippen LogP contribution in [0.2, 0.25) is 0 Å². The molecule has 13 heavy (non-hydrogen) atoms. The highest BCUT2D eigenvalue weighted by atomic mass is 127. The van der Waals surface area contributed by atoms with Gasteiger partial charge in [-0.1, -0.05) is 12.1 Å². The third kappa shape index (κ3) is 3.70. The zero-order valence-corrected chi connectivity index (χ0v) is 9.92. The molecule has 1 atom stereocenters. The van der Waals surface area contributed by atoms with E-state index < -0.39 is 6.10 Å². The van der Waals surface area contributed by atoms with E-state index in [1.165, 1.54) is 0 Å². The van der Waals surface area contributed by atoms with Crippen molar-refractivity contribution in [2.24, 2.45) is 0 Å². The average molecular weight is 312 g/mol. The summed E-state index contributed by atoms with van der Waals surface area (Å²) in [6, 6.07) is 7.92. The van der Waals surface area contributed by atoms with Crippen LogP contribution in [0.5, 0.6) is 0 Å². The van der Waals surface area contributed by atoms with Crippen molar-refractivity contribution in [3.8, 4) is 0 Å². The molecule has 0 spiro atoms. The molecule has 2 nitrogen and oxygen atoms in total. The van der Waals surface area contributed by atoms with Crippen molar-refractivity contribution in [1.82, 2.24) is 0 Å². The second-order valence-electron chi connectivity index (χ2n) is 2.67. The Hall–Kier alpha value is -0.000000000000000111. The number of benzene rings is 1. The summed E-state index contributed by atoms with van der Waals surface area (Å²) in [5, 5.41) is 12.3. The lowest BCUT2D eigenvalue weighted by atomic mass is 10.3. The van der Waals surface area contributed by atoms with Crippen molar-refractivity contribution in [2.45, 2.75) is 6.10 Å². The van der Waals surface area contributed by atoms with Crippen molar-refractivity contribution < 1.29 is 5.11 Å². The fourth-order valence-electron chi connectivity index (χ4n) is 0.887. The maximum atomic E-state index is 9.21. The summed E-state index contributed by atoms with van der Waals surface area (Å²) in [6.07, 6.45) is -0.488. The van der Waals surface area contributed by atoms with Gasteiger partial charge in [0, 0.05) is 15.8 Å². The van der Waals surface area contributed by atoms with E-state index in [2.05, 4.69) is 27.9 Å². The number of nitrogens with one attached hydrogen (secondary N) is 1. The lowest BCUT2D eigenvalue weighted by Crippen LogP contribution is -2.21. The fraction of sp³-hybridized carbons (Fsp3) is 0.333. The first kappa shape index (κ1) is 11.1. The van der Waals surface area contributed by atoms with Crippen LogP contribution in [0, 0.1) is 3.57 Å². The van der Waals surface area contributed by atoms with Gasteiger partial charge in [0.15, 0.2) is 0 Å². The minimum absolute atomic E-state index is 0.260. The van der Waals surface area contributed by atoms with E-state index in [-0.39, 0.29) is 5.88 Å². The molecule has 0 aliphatic carbocycles. The highest BCUT2D eigenvalue weighted by Crippen LogP contribution is 2.16. The van der Waals surface area contributed by atoms with Crippen LogP contribution < -0.4 is 5.32 Å². The van der Waals surface area contributed by atoms with Crippen LogP contribution in [-0.2, 0) is 0 Å². The Morgan fingerprint density at radius 1 is 1.46 bits per heavy atom. The Bertz CT molecular complexity index is 270. The van der Waals surface area contributed by atoms with Gasteiger partial charge in [-0.05, 0) is 34.7 Å². The van der Waals surface area contributed by atoms with Crippen LogP contribution in [-0.4, -0.2) is 23.6 Å². The minimum atomic E-state index is -0.488. The zero-order valence-electron chi connectivity index (χ0n) is 7.00. The molecule has 0 amide bonds. The highest BCUT2D eigenvalue weighted by molar-refractivity contribution is 14.1. The van der Waals surface area contributed by atoms with Gasteiger partial charge >= 0.3 is 0 Å². The summed E-state index contributed by atoms with van der Waals surface area (Å²) in [6.45, 7) is 0.490. The van der Waals surface area contributed by atoms with E-state index in [0.717, 1.165) is 9.26 Å². The Kier molecular flexibility index (Phi) is 4.83. The van der Waals surface area contributed by atoms with Crippen LogP contribution >= 0.6 is 34.2 Å². The van der Waals surface area contributed by atoms with E-state index >= 15 is 0 Å². The lowest BCUT2D eigenvalue weighted by Gasteiger charge is -2.10. The summed E-state index contributed by atoms with van der Waals surface area (Å²) < 4.78 is 1.14. The largest absolute Gasteiger partial charge is 0.390 e. The average Bonchev–Trinajstić information content (AvgIpc) is 2.16. The van der Waals surface area contributed by atoms with Crippen molar-refractivity contribution >= 4 is 39.9 Å². The SMILES string of the molecule is OC(CCl)CNc1ccccc1I. The fourth-order valence-corrected chi connectivity index (χ4v) is 1.57. The standard InChI is InChI=1S/C9H11ClINO/c10-5-7(13)6-12-9-4-2-1-3-8(9)11/h1-4,7,12-13H,5-6H2. The molecule has 72 valence electrons. The van der Waals surface area contributed by atoms with E-state index in [0.29, 0.717) is 6.54 Å². The normalized spacial score (nSPS) is 12.5. The quantitative estimate of drug-likeness (QED) is 0.660. The summed E-state index contributed by atoms with van der Waals surface area (Å²) >= 11 is 7.71. The van der Waals surface area contributed by atoms with E-state index in [4.69, 9.17) is 11.6 Å². The molecule has 0 radical (unpaired) electrons. The smallest absolute Gasteiger partial charge is 0.0847 e. The molecular weight excluding hydrogens is 300 g/mol. The van der Waals surface area contributed by atoms with E-state index in [1.807, 2.05) is 24.3 Å². The second kappa shape index (κ2) is 5.67. The Labute approximate surface area is 96.4 Å². The molecule has 0 heterocycles. The molecule has 0 bridgehead atoms. The number of alkyl halides is 1. The third-order valence-corrected chi connectivity index (χ3v) is 2.88. The van der Waals surface area contributed by atoms with Gasteiger partial charge in [0.25, 0.3) is 0 Å². The summed E-state index contributed by atoms with van der Waals surface area (Å²) in [7, 11) is 0. The highest BCUT2D eigenvalue weighted by Gasteiger charge is 2.02. The van der Waals surface area contributed by atoms with Gasteiger partial charge in [-0.2, -0.15) is 0 Å². The lowest BCUT2D eigenvalue weighted by molar-refractivity contribution is 0.211. The number of anilines is 1. The summed E-state index contributed by atoms with van der Waals surface area (Å²) in [5.74, 6) is 0.260. The molecule has 0 aromatic heterocycles. The molecule has 1 aromatic rings. The first-order chi connectivity index (χ1) is 6.24. The van der Waals surface area contributed by atoms with Crippen LogP contribution in [0.1, 0.15) is 0 Å². The molecule has 2 N–H and O–H groups in total. The van der Waals surface area contributed by atoms with Crippen LogP contribution in [0.3, 0.4) is 0 Å².